The van der Waals surface area contributed by atoms with Crippen molar-refractivity contribution in [1.82, 2.24) is 0 Å². The monoisotopic (exact) mass is 253 g/mol. The zero-order chi connectivity index (χ0) is 12.9. The summed E-state index contributed by atoms with van der Waals surface area (Å²) in [5.41, 5.74) is 0. The molecule has 0 aromatic heterocycles. The van der Waals surface area contributed by atoms with E-state index < -0.39 is 9.84 Å². The lowest BCUT2D eigenvalue weighted by atomic mass is 10.2. The van der Waals surface area contributed by atoms with E-state index in [-0.39, 0.29) is 11.0 Å². The van der Waals surface area contributed by atoms with E-state index >= 15 is 0 Å². The van der Waals surface area contributed by atoms with Crippen LogP contribution < -0.4 is 4.74 Å². The number of ether oxygens (including phenoxy) is 1. The molecule has 0 N–H and O–H groups in total. The number of nitriles is 1. The molecule has 17 heavy (non-hydrogen) atoms. The summed E-state index contributed by atoms with van der Waals surface area (Å²) in [6.45, 7) is 1.94. The van der Waals surface area contributed by atoms with Crippen LogP contribution in [-0.2, 0) is 9.84 Å². The van der Waals surface area contributed by atoms with E-state index in [2.05, 4.69) is 6.07 Å². The molecule has 1 atom stereocenters. The molecule has 0 saturated carbocycles. The van der Waals surface area contributed by atoms with Gasteiger partial charge in [0, 0.05) is 6.26 Å². The van der Waals surface area contributed by atoms with E-state index in [1.165, 1.54) is 12.1 Å². The molecule has 0 bridgehead atoms. The zero-order valence-electron chi connectivity index (χ0n) is 9.88. The molecule has 0 aliphatic rings. The average molecular weight is 253 g/mol. The molecule has 92 valence electrons. The first-order chi connectivity index (χ1) is 7.97. The molecular weight excluding hydrogens is 238 g/mol. The van der Waals surface area contributed by atoms with E-state index in [1.54, 1.807) is 12.1 Å². The Labute approximate surface area is 102 Å². The second-order valence-corrected chi connectivity index (χ2v) is 5.77. The summed E-state index contributed by atoms with van der Waals surface area (Å²) in [6.07, 6.45) is 2.07. The highest BCUT2D eigenvalue weighted by Crippen LogP contribution is 2.18. The number of hydrogen-bond acceptors (Lipinski definition) is 4. The molecule has 0 aliphatic carbocycles. The number of benzene rings is 1. The second kappa shape index (κ2) is 5.69. The van der Waals surface area contributed by atoms with Crippen molar-refractivity contribution >= 4 is 9.84 Å². The van der Waals surface area contributed by atoms with Gasteiger partial charge in [-0.3, -0.25) is 0 Å². The number of rotatable bonds is 5. The normalized spacial score (nSPS) is 12.8. The lowest BCUT2D eigenvalue weighted by Crippen LogP contribution is -2.14. The highest BCUT2D eigenvalue weighted by atomic mass is 32.2. The Morgan fingerprint density at radius 2 is 1.94 bits per heavy atom. The highest BCUT2D eigenvalue weighted by molar-refractivity contribution is 7.90. The Balaban J connectivity index is 2.79. The van der Waals surface area contributed by atoms with E-state index in [1.807, 2.05) is 6.92 Å². The van der Waals surface area contributed by atoms with E-state index in [9.17, 15) is 8.42 Å². The predicted octanol–water partition coefficient (Wildman–Crippen LogP) is 2.16. The fraction of sp³-hybridized carbons (Fsp3) is 0.417. The molecule has 0 spiro atoms. The largest absolute Gasteiger partial charge is 0.489 e. The fourth-order valence-corrected chi connectivity index (χ4v) is 1.96. The van der Waals surface area contributed by atoms with Crippen LogP contribution in [0.4, 0.5) is 0 Å². The van der Waals surface area contributed by atoms with Crippen molar-refractivity contribution in [2.75, 3.05) is 6.26 Å². The Hall–Kier alpha value is -1.54. The van der Waals surface area contributed by atoms with Crippen molar-refractivity contribution in [2.45, 2.75) is 30.8 Å². The summed E-state index contributed by atoms with van der Waals surface area (Å²) in [5.74, 6) is 0.583. The van der Waals surface area contributed by atoms with Gasteiger partial charge >= 0.3 is 0 Å². The fourth-order valence-electron chi connectivity index (χ4n) is 1.33. The molecule has 0 fully saturated rings. The van der Waals surface area contributed by atoms with Crippen molar-refractivity contribution in [1.29, 1.82) is 5.26 Å². The van der Waals surface area contributed by atoms with Crippen molar-refractivity contribution in [3.63, 3.8) is 0 Å². The third-order valence-electron chi connectivity index (χ3n) is 2.33. The highest BCUT2D eigenvalue weighted by Gasteiger charge is 2.09. The summed E-state index contributed by atoms with van der Waals surface area (Å²) in [7, 11) is -3.17. The topological polar surface area (TPSA) is 67.2 Å². The van der Waals surface area contributed by atoms with Gasteiger partial charge in [0.25, 0.3) is 0 Å². The minimum Gasteiger partial charge on any atom is -0.489 e. The molecule has 0 heterocycles. The van der Waals surface area contributed by atoms with Crippen LogP contribution in [0.1, 0.15) is 19.8 Å². The van der Waals surface area contributed by atoms with E-state index in [0.29, 0.717) is 12.2 Å². The van der Waals surface area contributed by atoms with Gasteiger partial charge in [0.05, 0.1) is 17.4 Å². The standard InChI is InChI=1S/C12H15NO3S/c1-3-10(8-9-13)16-11-4-6-12(7-5-11)17(2,14)15/h4-7,10H,3,8H2,1-2H3. The summed E-state index contributed by atoms with van der Waals surface area (Å²) >= 11 is 0. The third kappa shape index (κ3) is 4.08. The minimum absolute atomic E-state index is 0.149. The first-order valence-electron chi connectivity index (χ1n) is 5.31. The van der Waals surface area contributed by atoms with Crippen LogP contribution in [0, 0.1) is 11.3 Å². The van der Waals surface area contributed by atoms with Crippen molar-refractivity contribution < 1.29 is 13.2 Å². The Morgan fingerprint density at radius 1 is 1.35 bits per heavy atom. The van der Waals surface area contributed by atoms with Gasteiger partial charge < -0.3 is 4.74 Å². The third-order valence-corrected chi connectivity index (χ3v) is 3.46. The molecule has 1 aromatic carbocycles. The molecule has 0 amide bonds. The molecule has 4 nitrogen and oxygen atoms in total. The predicted molar refractivity (Wildman–Crippen MR) is 64.5 cm³/mol. The van der Waals surface area contributed by atoms with Gasteiger partial charge in [0.2, 0.25) is 0 Å². The summed E-state index contributed by atoms with van der Waals surface area (Å²) < 4.78 is 28.0. The summed E-state index contributed by atoms with van der Waals surface area (Å²) in [6, 6.07) is 8.28. The maximum Gasteiger partial charge on any atom is 0.175 e. The molecule has 0 radical (unpaired) electrons. The van der Waals surface area contributed by atoms with Crippen LogP contribution in [0.25, 0.3) is 0 Å². The minimum atomic E-state index is -3.17. The Kier molecular flexibility index (Phi) is 4.53. The zero-order valence-corrected chi connectivity index (χ0v) is 10.7. The molecule has 1 aromatic rings. The van der Waals surface area contributed by atoms with Gasteiger partial charge in [0.1, 0.15) is 11.9 Å². The quantitative estimate of drug-likeness (QED) is 0.806. The average Bonchev–Trinajstić information content (AvgIpc) is 2.28. The molecule has 5 heteroatoms. The van der Waals surface area contributed by atoms with Crippen molar-refractivity contribution in [3.8, 4) is 11.8 Å². The SMILES string of the molecule is CCC(CC#N)Oc1ccc(S(C)(=O)=O)cc1. The molecule has 0 aliphatic heterocycles. The smallest absolute Gasteiger partial charge is 0.175 e. The van der Waals surface area contributed by atoms with Crippen LogP contribution >= 0.6 is 0 Å². The molecule has 1 rings (SSSR count). The number of sulfone groups is 1. The van der Waals surface area contributed by atoms with Crippen molar-refractivity contribution in [2.24, 2.45) is 0 Å². The van der Waals surface area contributed by atoms with Crippen LogP contribution in [0.2, 0.25) is 0 Å². The molecule has 0 saturated heterocycles. The number of hydrogen-bond donors (Lipinski definition) is 0. The Bertz CT molecular complexity index is 500. The van der Waals surface area contributed by atoms with Crippen LogP contribution in [0.5, 0.6) is 5.75 Å². The van der Waals surface area contributed by atoms with Gasteiger partial charge in [-0.1, -0.05) is 6.92 Å². The number of nitrogens with zero attached hydrogens (tertiary/aromatic N) is 1. The second-order valence-electron chi connectivity index (χ2n) is 3.75. The molecule has 1 unspecified atom stereocenters. The Morgan fingerprint density at radius 3 is 2.35 bits per heavy atom. The van der Waals surface area contributed by atoms with Crippen molar-refractivity contribution in [3.05, 3.63) is 24.3 Å². The van der Waals surface area contributed by atoms with Crippen LogP contribution in [-0.4, -0.2) is 20.8 Å². The first-order valence-corrected chi connectivity index (χ1v) is 7.20. The maximum absolute atomic E-state index is 11.2. The summed E-state index contributed by atoms with van der Waals surface area (Å²) in [5, 5.41) is 8.59. The van der Waals surface area contributed by atoms with Gasteiger partial charge in [-0.15, -0.1) is 0 Å². The van der Waals surface area contributed by atoms with Gasteiger partial charge in [-0.2, -0.15) is 5.26 Å². The maximum atomic E-state index is 11.2. The van der Waals surface area contributed by atoms with Gasteiger partial charge in [-0.05, 0) is 30.7 Å². The van der Waals surface area contributed by atoms with Crippen LogP contribution in [0.3, 0.4) is 0 Å². The first kappa shape index (κ1) is 13.5. The molecular formula is C12H15NO3S. The van der Waals surface area contributed by atoms with Gasteiger partial charge in [-0.25, -0.2) is 8.42 Å². The lowest BCUT2D eigenvalue weighted by molar-refractivity contribution is 0.202. The summed E-state index contributed by atoms with van der Waals surface area (Å²) in [4.78, 5) is 0.262. The van der Waals surface area contributed by atoms with Crippen LogP contribution in [0.15, 0.2) is 29.2 Å². The van der Waals surface area contributed by atoms with E-state index in [0.717, 1.165) is 12.7 Å². The van der Waals surface area contributed by atoms with Gasteiger partial charge in [0.15, 0.2) is 9.84 Å². The lowest BCUT2D eigenvalue weighted by Gasteiger charge is -2.14. The van der Waals surface area contributed by atoms with E-state index in [4.69, 9.17) is 10.00 Å².